The minimum atomic E-state index is -3.29. The minimum Gasteiger partial charge on any atom is -0.426 e. The SMILES string of the molecule is O=C1Cc2ccc(C(=O)CCN3CCN(S(=O)(=O)CCc4ccccc4)CC3)cc2O1. The predicted octanol–water partition coefficient (Wildman–Crippen LogP) is 1.91. The van der Waals surface area contributed by atoms with Crippen LogP contribution in [0.1, 0.15) is 27.9 Å². The maximum Gasteiger partial charge on any atom is 0.315 e. The van der Waals surface area contributed by atoms with Crippen LogP contribution < -0.4 is 4.74 Å². The van der Waals surface area contributed by atoms with Gasteiger partial charge in [0.1, 0.15) is 5.75 Å². The largest absolute Gasteiger partial charge is 0.426 e. The third-order valence-electron chi connectivity index (χ3n) is 5.82. The number of carbonyl (C=O) groups is 2. The van der Waals surface area contributed by atoms with Gasteiger partial charge in [0.2, 0.25) is 10.0 Å². The van der Waals surface area contributed by atoms with Crippen molar-refractivity contribution in [1.82, 2.24) is 9.21 Å². The highest BCUT2D eigenvalue weighted by Gasteiger charge is 2.27. The van der Waals surface area contributed by atoms with Crippen LogP contribution in [0, 0.1) is 0 Å². The van der Waals surface area contributed by atoms with Gasteiger partial charge in [-0.3, -0.25) is 9.59 Å². The van der Waals surface area contributed by atoms with Crippen LogP contribution in [0.5, 0.6) is 5.75 Å². The number of nitrogens with zero attached hydrogens (tertiary/aromatic N) is 2. The van der Waals surface area contributed by atoms with E-state index in [4.69, 9.17) is 4.74 Å². The fourth-order valence-electron chi connectivity index (χ4n) is 3.94. The highest BCUT2D eigenvalue weighted by atomic mass is 32.2. The Morgan fingerprint density at radius 2 is 1.74 bits per heavy atom. The van der Waals surface area contributed by atoms with Crippen molar-refractivity contribution < 1.29 is 22.7 Å². The van der Waals surface area contributed by atoms with Gasteiger partial charge in [-0.05, 0) is 18.1 Å². The molecule has 2 aliphatic heterocycles. The zero-order valence-corrected chi connectivity index (χ0v) is 18.1. The molecule has 0 N–H and O–H groups in total. The topological polar surface area (TPSA) is 84.0 Å². The molecule has 4 rings (SSSR count). The first-order valence-corrected chi connectivity index (χ1v) is 12.1. The van der Waals surface area contributed by atoms with Gasteiger partial charge in [-0.25, -0.2) is 8.42 Å². The Kier molecular flexibility index (Phi) is 6.50. The molecule has 0 spiro atoms. The molecule has 2 heterocycles. The molecule has 0 amide bonds. The van der Waals surface area contributed by atoms with Crippen molar-refractivity contribution >= 4 is 21.8 Å². The van der Waals surface area contributed by atoms with Gasteiger partial charge in [0.15, 0.2) is 5.78 Å². The number of benzene rings is 2. The molecular weight excluding hydrogens is 416 g/mol. The van der Waals surface area contributed by atoms with E-state index in [0.717, 1.165) is 11.1 Å². The van der Waals surface area contributed by atoms with Crippen molar-refractivity contribution in [2.45, 2.75) is 19.3 Å². The number of carbonyl (C=O) groups excluding carboxylic acids is 2. The van der Waals surface area contributed by atoms with Gasteiger partial charge in [0.05, 0.1) is 12.2 Å². The summed E-state index contributed by atoms with van der Waals surface area (Å²) >= 11 is 0. The number of fused-ring (bicyclic) bond motifs is 1. The molecule has 7 nitrogen and oxygen atoms in total. The second kappa shape index (κ2) is 9.30. The normalized spacial score (nSPS) is 17.4. The summed E-state index contributed by atoms with van der Waals surface area (Å²) < 4.78 is 32.0. The Labute approximate surface area is 182 Å². The molecule has 2 aliphatic rings. The number of piperazine rings is 1. The van der Waals surface area contributed by atoms with Crippen molar-refractivity contribution in [2.75, 3.05) is 38.5 Å². The van der Waals surface area contributed by atoms with Crippen molar-refractivity contribution in [3.63, 3.8) is 0 Å². The standard InChI is InChI=1S/C23H26N2O5S/c26-21(19-6-7-20-17-23(27)30-22(20)16-19)8-10-24-11-13-25(14-12-24)31(28,29)15-9-18-4-2-1-3-5-18/h1-7,16H,8-15,17H2. The van der Waals surface area contributed by atoms with E-state index in [1.165, 1.54) is 0 Å². The van der Waals surface area contributed by atoms with E-state index >= 15 is 0 Å². The molecule has 164 valence electrons. The zero-order chi connectivity index (χ0) is 21.8. The number of sulfonamides is 1. The van der Waals surface area contributed by atoms with E-state index in [-0.39, 0.29) is 23.9 Å². The van der Waals surface area contributed by atoms with Crippen LogP contribution in [0.15, 0.2) is 48.5 Å². The summed E-state index contributed by atoms with van der Waals surface area (Å²) in [6.07, 6.45) is 1.10. The van der Waals surface area contributed by atoms with Crippen LogP contribution in [-0.2, 0) is 27.7 Å². The molecular formula is C23H26N2O5S. The Hall–Kier alpha value is -2.55. The third kappa shape index (κ3) is 5.39. The van der Waals surface area contributed by atoms with E-state index in [9.17, 15) is 18.0 Å². The number of rotatable bonds is 8. The first-order valence-electron chi connectivity index (χ1n) is 10.5. The number of ketones is 1. The average molecular weight is 443 g/mol. The quantitative estimate of drug-likeness (QED) is 0.353. The summed E-state index contributed by atoms with van der Waals surface area (Å²) in [5.74, 6) is 0.281. The van der Waals surface area contributed by atoms with Gasteiger partial charge in [0, 0.05) is 50.3 Å². The Morgan fingerprint density at radius 3 is 2.48 bits per heavy atom. The lowest BCUT2D eigenvalue weighted by Crippen LogP contribution is -2.49. The molecule has 2 aromatic carbocycles. The average Bonchev–Trinajstić information content (AvgIpc) is 3.16. The van der Waals surface area contributed by atoms with Crippen molar-refractivity contribution in [2.24, 2.45) is 0 Å². The molecule has 2 aromatic rings. The fourth-order valence-corrected chi connectivity index (χ4v) is 5.41. The first kappa shape index (κ1) is 21.7. The molecule has 1 saturated heterocycles. The Balaban J connectivity index is 1.23. The summed E-state index contributed by atoms with van der Waals surface area (Å²) in [6, 6.07) is 14.8. The first-order chi connectivity index (χ1) is 14.9. The van der Waals surface area contributed by atoms with E-state index < -0.39 is 10.0 Å². The lowest BCUT2D eigenvalue weighted by atomic mass is 10.0. The molecule has 1 fully saturated rings. The molecule has 0 saturated carbocycles. The number of hydrogen-bond donors (Lipinski definition) is 0. The molecule has 0 atom stereocenters. The number of aryl methyl sites for hydroxylation is 1. The van der Waals surface area contributed by atoms with Gasteiger partial charge in [-0.2, -0.15) is 4.31 Å². The van der Waals surface area contributed by atoms with E-state index in [1.54, 1.807) is 22.5 Å². The molecule has 0 aliphatic carbocycles. The van der Waals surface area contributed by atoms with E-state index in [2.05, 4.69) is 4.90 Å². The van der Waals surface area contributed by atoms with Crippen molar-refractivity contribution in [3.05, 3.63) is 65.2 Å². The number of ether oxygens (including phenoxy) is 1. The van der Waals surface area contributed by atoms with Crippen LogP contribution in [0.2, 0.25) is 0 Å². The zero-order valence-electron chi connectivity index (χ0n) is 17.3. The smallest absolute Gasteiger partial charge is 0.315 e. The number of esters is 1. The lowest BCUT2D eigenvalue weighted by molar-refractivity contribution is -0.131. The van der Waals surface area contributed by atoms with Crippen molar-refractivity contribution in [1.29, 1.82) is 0 Å². The maximum absolute atomic E-state index is 12.7. The van der Waals surface area contributed by atoms with Gasteiger partial charge >= 0.3 is 5.97 Å². The van der Waals surface area contributed by atoms with Crippen LogP contribution >= 0.6 is 0 Å². The lowest BCUT2D eigenvalue weighted by Gasteiger charge is -2.33. The molecule has 31 heavy (non-hydrogen) atoms. The maximum atomic E-state index is 12.7. The number of hydrogen-bond acceptors (Lipinski definition) is 6. The summed E-state index contributed by atoms with van der Waals surface area (Å²) in [6.45, 7) is 2.69. The molecule has 0 unspecified atom stereocenters. The monoisotopic (exact) mass is 442 g/mol. The summed E-state index contributed by atoms with van der Waals surface area (Å²) in [7, 11) is -3.29. The third-order valence-corrected chi connectivity index (χ3v) is 7.69. The highest BCUT2D eigenvalue weighted by molar-refractivity contribution is 7.89. The van der Waals surface area contributed by atoms with Crippen molar-refractivity contribution in [3.8, 4) is 5.75 Å². The van der Waals surface area contributed by atoms with Crippen LogP contribution in [0.4, 0.5) is 0 Å². The fraction of sp³-hybridized carbons (Fsp3) is 0.391. The Bertz CT molecular complexity index is 1060. The molecule has 0 aromatic heterocycles. The van der Waals surface area contributed by atoms with Crippen LogP contribution in [0.3, 0.4) is 0 Å². The van der Waals surface area contributed by atoms with Gasteiger partial charge in [-0.1, -0.05) is 42.5 Å². The minimum absolute atomic E-state index is 0.0105. The predicted molar refractivity (Wildman–Crippen MR) is 117 cm³/mol. The van der Waals surface area contributed by atoms with Crippen LogP contribution in [0.25, 0.3) is 0 Å². The van der Waals surface area contributed by atoms with Gasteiger partial charge < -0.3 is 9.64 Å². The van der Waals surface area contributed by atoms with E-state index in [1.807, 2.05) is 30.3 Å². The summed E-state index contributed by atoms with van der Waals surface area (Å²) in [5, 5.41) is 0. The summed E-state index contributed by atoms with van der Waals surface area (Å²) in [4.78, 5) is 26.0. The summed E-state index contributed by atoms with van der Waals surface area (Å²) in [5.41, 5.74) is 2.37. The van der Waals surface area contributed by atoms with Gasteiger partial charge in [0.25, 0.3) is 0 Å². The second-order valence-electron chi connectivity index (χ2n) is 7.94. The van der Waals surface area contributed by atoms with E-state index in [0.29, 0.717) is 56.9 Å². The van der Waals surface area contributed by atoms with Crippen LogP contribution in [-0.4, -0.2) is 67.9 Å². The highest BCUT2D eigenvalue weighted by Crippen LogP contribution is 2.27. The Morgan fingerprint density at radius 1 is 1.00 bits per heavy atom. The number of Topliss-reactive ketones (excluding diaryl/α,β-unsaturated/α-hetero) is 1. The second-order valence-corrected chi connectivity index (χ2v) is 10.0. The van der Waals surface area contributed by atoms with Gasteiger partial charge in [-0.15, -0.1) is 0 Å². The molecule has 0 radical (unpaired) electrons. The molecule has 0 bridgehead atoms. The molecule has 8 heteroatoms.